The van der Waals surface area contributed by atoms with Gasteiger partial charge in [0.2, 0.25) is 0 Å². The molecule has 0 aliphatic carbocycles. The average Bonchev–Trinajstić information content (AvgIpc) is 3.01. The number of piperidine rings is 1. The molecule has 3 rings (SSSR count). The van der Waals surface area contributed by atoms with Crippen LogP contribution in [0.15, 0.2) is 24.5 Å². The van der Waals surface area contributed by atoms with Gasteiger partial charge in [0.25, 0.3) is 0 Å². The van der Waals surface area contributed by atoms with Crippen LogP contribution >= 0.6 is 0 Å². The first kappa shape index (κ1) is 14.0. The minimum absolute atomic E-state index is 0.409. The summed E-state index contributed by atoms with van der Waals surface area (Å²) < 4.78 is 11.4. The molecule has 0 saturated carbocycles. The van der Waals surface area contributed by atoms with Crippen molar-refractivity contribution in [3.63, 3.8) is 0 Å². The molecular weight excluding hydrogens is 252 g/mol. The van der Waals surface area contributed by atoms with Gasteiger partial charge in [-0.15, -0.1) is 0 Å². The van der Waals surface area contributed by atoms with Crippen LogP contribution in [0.25, 0.3) is 0 Å². The van der Waals surface area contributed by atoms with Crippen molar-refractivity contribution in [1.82, 2.24) is 9.88 Å². The fourth-order valence-electron chi connectivity index (χ4n) is 3.05. The summed E-state index contributed by atoms with van der Waals surface area (Å²) in [6.07, 6.45) is 7.62. The minimum Gasteiger partial charge on any atom is -0.381 e. The molecule has 1 aromatic heterocycles. The van der Waals surface area contributed by atoms with Crippen molar-refractivity contribution in [2.24, 2.45) is 5.92 Å². The van der Waals surface area contributed by atoms with Crippen molar-refractivity contribution in [3.05, 3.63) is 30.1 Å². The van der Waals surface area contributed by atoms with E-state index in [2.05, 4.69) is 16.0 Å². The van der Waals surface area contributed by atoms with Crippen LogP contribution in [0, 0.1) is 5.92 Å². The fraction of sp³-hybridized carbons (Fsp3) is 0.688. The van der Waals surface area contributed by atoms with Crippen molar-refractivity contribution < 1.29 is 9.47 Å². The number of nitrogens with zero attached hydrogens (tertiary/aromatic N) is 2. The van der Waals surface area contributed by atoms with Crippen LogP contribution < -0.4 is 0 Å². The molecule has 1 unspecified atom stereocenters. The third-order valence-electron chi connectivity index (χ3n) is 4.28. The molecule has 2 saturated heterocycles. The number of likely N-dealkylation sites (tertiary alicyclic amines) is 1. The molecule has 3 heterocycles. The molecule has 2 aliphatic rings. The summed E-state index contributed by atoms with van der Waals surface area (Å²) in [4.78, 5) is 6.69. The van der Waals surface area contributed by atoms with Gasteiger partial charge < -0.3 is 14.4 Å². The molecule has 110 valence electrons. The van der Waals surface area contributed by atoms with E-state index in [0.29, 0.717) is 12.7 Å². The average molecular weight is 276 g/mol. The van der Waals surface area contributed by atoms with Crippen molar-refractivity contribution in [3.8, 4) is 0 Å². The van der Waals surface area contributed by atoms with Gasteiger partial charge >= 0.3 is 0 Å². The molecule has 20 heavy (non-hydrogen) atoms. The Morgan fingerprint density at radius 2 is 2.20 bits per heavy atom. The lowest BCUT2D eigenvalue weighted by molar-refractivity contribution is -0.00534. The van der Waals surface area contributed by atoms with Crippen molar-refractivity contribution >= 4 is 0 Å². The van der Waals surface area contributed by atoms with E-state index < -0.39 is 0 Å². The van der Waals surface area contributed by atoms with Crippen LogP contribution in [-0.2, 0) is 16.1 Å². The molecule has 4 heteroatoms. The second-order valence-corrected chi connectivity index (χ2v) is 5.90. The Morgan fingerprint density at radius 3 is 2.90 bits per heavy atom. The molecule has 0 spiro atoms. The highest BCUT2D eigenvalue weighted by Crippen LogP contribution is 2.19. The molecule has 1 aromatic rings. The molecule has 1 atom stereocenters. The predicted octanol–water partition coefficient (Wildman–Crippen LogP) is 2.10. The van der Waals surface area contributed by atoms with Crippen LogP contribution in [0.4, 0.5) is 0 Å². The first-order valence-corrected chi connectivity index (χ1v) is 7.71. The SMILES string of the molecule is c1cncc(COC2CCN(CC3CCOC3)CC2)c1. The lowest BCUT2D eigenvalue weighted by atomic mass is 10.0. The van der Waals surface area contributed by atoms with Crippen molar-refractivity contribution in [2.45, 2.75) is 32.0 Å². The first-order valence-electron chi connectivity index (χ1n) is 7.71. The highest BCUT2D eigenvalue weighted by Gasteiger charge is 2.24. The smallest absolute Gasteiger partial charge is 0.0735 e. The van der Waals surface area contributed by atoms with Gasteiger partial charge in [-0.25, -0.2) is 0 Å². The third-order valence-corrected chi connectivity index (χ3v) is 4.28. The van der Waals surface area contributed by atoms with Crippen LogP contribution in [0.3, 0.4) is 0 Å². The second-order valence-electron chi connectivity index (χ2n) is 5.90. The summed E-state index contributed by atoms with van der Waals surface area (Å²) in [6.45, 7) is 6.12. The summed E-state index contributed by atoms with van der Waals surface area (Å²) in [7, 11) is 0. The number of rotatable bonds is 5. The van der Waals surface area contributed by atoms with Crippen LogP contribution in [-0.4, -0.2) is 48.8 Å². The molecular formula is C16H24N2O2. The van der Waals surface area contributed by atoms with Crippen LogP contribution in [0.5, 0.6) is 0 Å². The van der Waals surface area contributed by atoms with Crippen LogP contribution in [0.2, 0.25) is 0 Å². The Morgan fingerprint density at radius 1 is 1.30 bits per heavy atom. The number of pyridine rings is 1. The second kappa shape index (κ2) is 7.16. The van der Waals surface area contributed by atoms with Gasteiger partial charge in [0, 0.05) is 38.6 Å². The van der Waals surface area contributed by atoms with Gasteiger partial charge in [-0.3, -0.25) is 4.98 Å². The minimum atomic E-state index is 0.409. The molecule has 0 aromatic carbocycles. The van der Waals surface area contributed by atoms with Crippen molar-refractivity contribution in [2.75, 3.05) is 32.8 Å². The monoisotopic (exact) mass is 276 g/mol. The zero-order chi connectivity index (χ0) is 13.6. The number of hydrogen-bond donors (Lipinski definition) is 0. The van der Waals surface area contributed by atoms with Gasteiger partial charge in [0.1, 0.15) is 0 Å². The Kier molecular flexibility index (Phi) is 5.01. The summed E-state index contributed by atoms with van der Waals surface area (Å²) in [6, 6.07) is 4.03. The maximum atomic E-state index is 6.00. The predicted molar refractivity (Wildman–Crippen MR) is 77.4 cm³/mol. The summed E-state index contributed by atoms with van der Waals surface area (Å²) in [5.74, 6) is 0.753. The Hall–Kier alpha value is -0.970. The molecule has 0 radical (unpaired) electrons. The molecule has 0 bridgehead atoms. The molecule has 4 nitrogen and oxygen atoms in total. The Balaban J connectivity index is 1.35. The van der Waals surface area contributed by atoms with E-state index in [9.17, 15) is 0 Å². The maximum Gasteiger partial charge on any atom is 0.0735 e. The van der Waals surface area contributed by atoms with E-state index in [1.54, 1.807) is 6.20 Å². The summed E-state index contributed by atoms with van der Waals surface area (Å²) in [5, 5.41) is 0. The van der Waals surface area contributed by atoms with Gasteiger partial charge in [-0.1, -0.05) is 6.07 Å². The number of hydrogen-bond acceptors (Lipinski definition) is 4. The molecule has 0 N–H and O–H groups in total. The number of aromatic nitrogens is 1. The van der Waals surface area contributed by atoms with Crippen LogP contribution in [0.1, 0.15) is 24.8 Å². The van der Waals surface area contributed by atoms with Crippen molar-refractivity contribution in [1.29, 1.82) is 0 Å². The van der Waals surface area contributed by atoms with E-state index in [-0.39, 0.29) is 0 Å². The van der Waals surface area contributed by atoms with Gasteiger partial charge in [0.05, 0.1) is 19.3 Å². The molecule has 2 aliphatic heterocycles. The zero-order valence-corrected chi connectivity index (χ0v) is 12.0. The van der Waals surface area contributed by atoms with E-state index in [1.165, 1.54) is 13.0 Å². The van der Waals surface area contributed by atoms with E-state index in [1.807, 2.05) is 12.3 Å². The fourth-order valence-corrected chi connectivity index (χ4v) is 3.05. The standard InChI is InChI=1S/C16H24N2O2/c1-2-14(10-17-6-1)13-20-16-3-7-18(8-4-16)11-15-5-9-19-12-15/h1-2,6,10,15-16H,3-5,7-9,11-13H2. The van der Waals surface area contributed by atoms with Gasteiger partial charge in [-0.05, 0) is 36.8 Å². The topological polar surface area (TPSA) is 34.6 Å². The van der Waals surface area contributed by atoms with E-state index in [4.69, 9.17) is 9.47 Å². The Labute approximate surface area is 121 Å². The zero-order valence-electron chi connectivity index (χ0n) is 12.0. The lowest BCUT2D eigenvalue weighted by Gasteiger charge is -2.33. The Bertz CT molecular complexity index is 385. The highest BCUT2D eigenvalue weighted by molar-refractivity contribution is 5.06. The molecule has 2 fully saturated rings. The van der Waals surface area contributed by atoms with E-state index >= 15 is 0 Å². The number of ether oxygens (including phenoxy) is 2. The summed E-state index contributed by atoms with van der Waals surface area (Å²) >= 11 is 0. The quantitative estimate of drug-likeness (QED) is 0.825. The van der Waals surface area contributed by atoms with E-state index in [0.717, 1.165) is 50.6 Å². The lowest BCUT2D eigenvalue weighted by Crippen LogP contribution is -2.39. The maximum absolute atomic E-state index is 6.00. The van der Waals surface area contributed by atoms with Gasteiger partial charge in [-0.2, -0.15) is 0 Å². The van der Waals surface area contributed by atoms with Gasteiger partial charge in [0.15, 0.2) is 0 Å². The third kappa shape index (κ3) is 4.01. The molecule has 0 amide bonds. The summed E-state index contributed by atoms with van der Waals surface area (Å²) in [5.41, 5.74) is 1.16. The normalized spacial score (nSPS) is 25.1. The highest BCUT2D eigenvalue weighted by atomic mass is 16.5. The first-order chi connectivity index (χ1) is 9.90. The largest absolute Gasteiger partial charge is 0.381 e.